The molecule has 1 aliphatic rings. The van der Waals surface area contributed by atoms with Crippen molar-refractivity contribution in [3.8, 4) is 22.2 Å². The van der Waals surface area contributed by atoms with E-state index in [2.05, 4.69) is 15.5 Å². The van der Waals surface area contributed by atoms with Crippen LogP contribution in [0.1, 0.15) is 24.4 Å². The predicted molar refractivity (Wildman–Crippen MR) is 130 cm³/mol. The van der Waals surface area contributed by atoms with Crippen molar-refractivity contribution in [1.82, 2.24) is 15.5 Å². The number of halogens is 1. The van der Waals surface area contributed by atoms with Gasteiger partial charge in [-0.15, -0.1) is 11.3 Å². The number of thiophene rings is 1. The van der Waals surface area contributed by atoms with Gasteiger partial charge in [-0.1, -0.05) is 17.3 Å². The Bertz CT molecular complexity index is 1400. The van der Waals surface area contributed by atoms with Crippen LogP contribution < -0.4 is 19.7 Å². The van der Waals surface area contributed by atoms with Crippen molar-refractivity contribution in [2.45, 2.75) is 13.0 Å². The topological polar surface area (TPSA) is 89.7 Å². The molecule has 1 N–H and O–H groups in total. The standard InChI is InChI=1S/C25H21FN4O4S/c1-14-21(24-28-23(29-34-24)20-5-4-12-35-20)22(15-6-11-18(32-2)19(13-15)33-3)27-25(31)30(14)17-9-7-16(26)8-10-17/h4-13,22H,1-3H3,(H,27,31). The number of amides is 2. The molecule has 0 fully saturated rings. The lowest BCUT2D eigenvalue weighted by atomic mass is 9.94. The van der Waals surface area contributed by atoms with E-state index in [9.17, 15) is 9.18 Å². The van der Waals surface area contributed by atoms with Crippen molar-refractivity contribution in [2.24, 2.45) is 0 Å². The Morgan fingerprint density at radius 2 is 1.86 bits per heavy atom. The van der Waals surface area contributed by atoms with Gasteiger partial charge in [-0.2, -0.15) is 4.98 Å². The van der Waals surface area contributed by atoms with Crippen LogP contribution >= 0.6 is 11.3 Å². The zero-order valence-electron chi connectivity index (χ0n) is 19.1. The molecule has 0 aliphatic carbocycles. The summed E-state index contributed by atoms with van der Waals surface area (Å²) in [5.74, 6) is 1.39. The third-order valence-electron chi connectivity index (χ3n) is 5.71. The van der Waals surface area contributed by atoms with Crippen LogP contribution in [-0.4, -0.2) is 30.4 Å². The van der Waals surface area contributed by atoms with Crippen LogP contribution in [0.25, 0.3) is 16.3 Å². The maximum Gasteiger partial charge on any atom is 0.326 e. The summed E-state index contributed by atoms with van der Waals surface area (Å²) in [6, 6.07) is 13.9. The van der Waals surface area contributed by atoms with E-state index in [0.717, 1.165) is 10.4 Å². The van der Waals surface area contributed by atoms with Gasteiger partial charge in [0.05, 0.1) is 36.4 Å². The third kappa shape index (κ3) is 4.12. The molecule has 0 saturated heterocycles. The van der Waals surface area contributed by atoms with E-state index >= 15 is 0 Å². The summed E-state index contributed by atoms with van der Waals surface area (Å²) in [5.41, 5.74) is 2.42. The van der Waals surface area contributed by atoms with E-state index in [1.54, 1.807) is 33.3 Å². The second-order valence-electron chi connectivity index (χ2n) is 7.71. The van der Waals surface area contributed by atoms with Crippen LogP contribution in [0.3, 0.4) is 0 Å². The normalized spacial score (nSPS) is 15.8. The summed E-state index contributed by atoms with van der Waals surface area (Å²) in [6.45, 7) is 1.79. The molecule has 3 heterocycles. The number of allylic oxidation sites excluding steroid dienone is 1. The first-order valence-corrected chi connectivity index (χ1v) is 11.5. The van der Waals surface area contributed by atoms with Crippen LogP contribution in [0.2, 0.25) is 0 Å². The molecule has 2 aromatic heterocycles. The number of hydrogen-bond donors (Lipinski definition) is 1. The monoisotopic (exact) mass is 492 g/mol. The molecule has 0 bridgehead atoms. The second-order valence-corrected chi connectivity index (χ2v) is 8.66. The van der Waals surface area contributed by atoms with Crippen LogP contribution in [0.5, 0.6) is 11.5 Å². The first kappa shape index (κ1) is 22.6. The van der Waals surface area contributed by atoms with Gasteiger partial charge in [0.15, 0.2) is 11.5 Å². The fourth-order valence-corrected chi connectivity index (χ4v) is 4.69. The van der Waals surface area contributed by atoms with Crippen molar-refractivity contribution in [2.75, 3.05) is 19.1 Å². The molecule has 1 unspecified atom stereocenters. The summed E-state index contributed by atoms with van der Waals surface area (Å²) in [4.78, 5) is 20.2. The molecule has 2 amide bonds. The molecule has 178 valence electrons. The average molecular weight is 493 g/mol. The number of benzene rings is 2. The molecular formula is C25H21FN4O4S. The smallest absolute Gasteiger partial charge is 0.326 e. The second kappa shape index (κ2) is 9.22. The van der Waals surface area contributed by atoms with Gasteiger partial charge in [0.2, 0.25) is 5.82 Å². The summed E-state index contributed by atoms with van der Waals surface area (Å²) >= 11 is 1.49. The van der Waals surface area contributed by atoms with E-state index in [1.165, 1.54) is 40.5 Å². The van der Waals surface area contributed by atoms with Gasteiger partial charge < -0.3 is 19.3 Å². The SMILES string of the molecule is COc1ccc(C2NC(=O)N(c3ccc(F)cc3)C(C)=C2c2nc(-c3cccs3)no2)cc1OC. The number of urea groups is 1. The number of nitrogens with one attached hydrogen (secondary N) is 1. The lowest BCUT2D eigenvalue weighted by Gasteiger charge is -2.35. The van der Waals surface area contributed by atoms with E-state index in [1.807, 2.05) is 23.6 Å². The van der Waals surface area contributed by atoms with Gasteiger partial charge in [0.25, 0.3) is 5.89 Å². The lowest BCUT2D eigenvalue weighted by Crippen LogP contribution is -2.46. The van der Waals surface area contributed by atoms with Crippen LogP contribution in [0.15, 0.2) is 70.2 Å². The number of hydrogen-bond acceptors (Lipinski definition) is 7. The zero-order chi connectivity index (χ0) is 24.5. The first-order chi connectivity index (χ1) is 17.0. The highest BCUT2D eigenvalue weighted by Gasteiger charge is 2.37. The molecule has 8 nitrogen and oxygen atoms in total. The Hall–Kier alpha value is -4.18. The molecule has 1 atom stereocenters. The van der Waals surface area contributed by atoms with Crippen LogP contribution in [-0.2, 0) is 0 Å². The number of methoxy groups -OCH3 is 2. The van der Waals surface area contributed by atoms with Gasteiger partial charge >= 0.3 is 6.03 Å². The Morgan fingerprint density at radius 1 is 1.09 bits per heavy atom. The molecule has 35 heavy (non-hydrogen) atoms. The zero-order valence-corrected chi connectivity index (χ0v) is 19.9. The molecule has 4 aromatic rings. The molecule has 2 aromatic carbocycles. The Morgan fingerprint density at radius 3 is 2.54 bits per heavy atom. The van der Waals surface area contributed by atoms with E-state index in [0.29, 0.717) is 34.3 Å². The van der Waals surface area contributed by atoms with E-state index < -0.39 is 11.9 Å². The third-order valence-corrected chi connectivity index (χ3v) is 6.57. The number of ether oxygens (including phenoxy) is 2. The van der Waals surface area contributed by atoms with Crippen molar-refractivity contribution >= 4 is 28.6 Å². The number of rotatable bonds is 6. The minimum atomic E-state index is -0.615. The molecular weight excluding hydrogens is 471 g/mol. The van der Waals surface area contributed by atoms with Crippen molar-refractivity contribution in [3.63, 3.8) is 0 Å². The molecule has 10 heteroatoms. The average Bonchev–Trinajstić information content (AvgIpc) is 3.57. The maximum absolute atomic E-state index is 13.6. The van der Waals surface area contributed by atoms with Crippen LogP contribution in [0, 0.1) is 5.82 Å². The largest absolute Gasteiger partial charge is 0.493 e. The van der Waals surface area contributed by atoms with E-state index in [4.69, 9.17) is 14.0 Å². The highest BCUT2D eigenvalue weighted by atomic mass is 32.1. The minimum absolute atomic E-state index is 0.262. The number of aromatic nitrogens is 2. The van der Waals surface area contributed by atoms with Gasteiger partial charge in [0.1, 0.15) is 5.82 Å². The fourth-order valence-electron chi connectivity index (χ4n) is 4.04. The number of carbonyl (C=O) groups excluding carboxylic acids is 1. The lowest BCUT2D eigenvalue weighted by molar-refractivity contribution is 0.244. The quantitative estimate of drug-likeness (QED) is 0.374. The summed E-state index contributed by atoms with van der Waals surface area (Å²) < 4.78 is 30.1. The van der Waals surface area contributed by atoms with Crippen molar-refractivity contribution in [3.05, 3.63) is 82.9 Å². The summed E-state index contributed by atoms with van der Waals surface area (Å²) in [5, 5.41) is 9.10. The number of nitrogens with zero attached hydrogens (tertiary/aromatic N) is 3. The van der Waals surface area contributed by atoms with Gasteiger partial charge in [-0.25, -0.2) is 9.18 Å². The minimum Gasteiger partial charge on any atom is -0.493 e. The van der Waals surface area contributed by atoms with Crippen LogP contribution in [0.4, 0.5) is 14.9 Å². The summed E-state index contributed by atoms with van der Waals surface area (Å²) in [7, 11) is 3.10. The Labute approximate surface area is 204 Å². The molecule has 1 aliphatic heterocycles. The van der Waals surface area contributed by atoms with Gasteiger partial charge in [-0.3, -0.25) is 4.90 Å². The summed E-state index contributed by atoms with van der Waals surface area (Å²) in [6.07, 6.45) is 0. The fraction of sp³-hybridized carbons (Fsp3) is 0.160. The highest BCUT2D eigenvalue weighted by Crippen LogP contribution is 2.41. The number of anilines is 1. The molecule has 0 saturated carbocycles. The predicted octanol–water partition coefficient (Wildman–Crippen LogP) is 5.66. The van der Waals surface area contributed by atoms with Gasteiger partial charge in [0, 0.05) is 5.70 Å². The molecule has 0 spiro atoms. The van der Waals surface area contributed by atoms with Crippen molar-refractivity contribution < 1.29 is 23.2 Å². The van der Waals surface area contributed by atoms with E-state index in [-0.39, 0.29) is 11.9 Å². The van der Waals surface area contributed by atoms with Crippen molar-refractivity contribution in [1.29, 1.82) is 0 Å². The maximum atomic E-state index is 13.6. The molecule has 5 rings (SSSR count). The Kier molecular flexibility index (Phi) is 5.96. The number of carbonyl (C=O) groups is 1. The Balaban J connectivity index is 1.66. The molecule has 0 radical (unpaired) electrons. The first-order valence-electron chi connectivity index (χ1n) is 10.7. The highest BCUT2D eigenvalue weighted by molar-refractivity contribution is 7.13. The van der Waals surface area contributed by atoms with Gasteiger partial charge in [-0.05, 0) is 60.3 Å².